The third-order valence-electron chi connectivity index (χ3n) is 3.95. The summed E-state index contributed by atoms with van der Waals surface area (Å²) in [6.45, 7) is 6.72. The Morgan fingerprint density at radius 1 is 1.07 bits per heavy atom. The van der Waals surface area contributed by atoms with Crippen molar-refractivity contribution in [3.05, 3.63) is 90.1 Å². The molecule has 5 heteroatoms. The molecule has 0 atom stereocenters. The fourth-order valence-electron chi connectivity index (χ4n) is 2.64. The van der Waals surface area contributed by atoms with Gasteiger partial charge in [-0.15, -0.1) is 6.58 Å². The van der Waals surface area contributed by atoms with Gasteiger partial charge in [-0.1, -0.05) is 66.2 Å². The highest BCUT2D eigenvalue weighted by molar-refractivity contribution is 5.93. The van der Waals surface area contributed by atoms with Gasteiger partial charge in [-0.3, -0.25) is 4.79 Å². The molecule has 0 aliphatic heterocycles. The zero-order valence-corrected chi connectivity index (χ0v) is 15.3. The van der Waals surface area contributed by atoms with Crippen molar-refractivity contribution in [3.63, 3.8) is 0 Å². The van der Waals surface area contributed by atoms with Crippen LogP contribution in [0.4, 0.5) is 5.82 Å². The predicted octanol–water partition coefficient (Wildman–Crippen LogP) is 3.98. The van der Waals surface area contributed by atoms with E-state index in [4.69, 9.17) is 0 Å². The van der Waals surface area contributed by atoms with E-state index in [2.05, 4.69) is 27.2 Å². The van der Waals surface area contributed by atoms with Gasteiger partial charge in [0.15, 0.2) is 5.82 Å². The third kappa shape index (κ3) is 5.01. The number of hydrogen-bond acceptors (Lipinski definition) is 4. The normalized spacial score (nSPS) is 10.3. The van der Waals surface area contributed by atoms with E-state index in [-0.39, 0.29) is 5.91 Å². The molecule has 0 spiro atoms. The summed E-state index contributed by atoms with van der Waals surface area (Å²) in [7, 11) is 0. The lowest BCUT2D eigenvalue weighted by Gasteiger charge is -2.10. The number of rotatable bonds is 7. The van der Waals surface area contributed by atoms with Gasteiger partial charge in [0.2, 0.25) is 0 Å². The van der Waals surface area contributed by atoms with Gasteiger partial charge in [0, 0.05) is 24.7 Å². The lowest BCUT2D eigenvalue weighted by molar-refractivity contribution is 0.0946. The number of carbonyl (C=O) groups is 1. The Balaban J connectivity index is 1.84. The SMILES string of the molecule is C=CCNc1cc(C(=O)NCc2cccc(C)c2)nc(-c2ccccc2)n1. The maximum atomic E-state index is 12.7. The van der Waals surface area contributed by atoms with Gasteiger partial charge in [-0.2, -0.15) is 0 Å². The van der Waals surface area contributed by atoms with Gasteiger partial charge in [0.25, 0.3) is 5.91 Å². The predicted molar refractivity (Wildman–Crippen MR) is 109 cm³/mol. The second-order valence-electron chi connectivity index (χ2n) is 6.17. The molecular formula is C22H22N4O. The van der Waals surface area contributed by atoms with Gasteiger partial charge in [0.1, 0.15) is 11.5 Å². The first kappa shape index (κ1) is 18.3. The van der Waals surface area contributed by atoms with Crippen LogP contribution < -0.4 is 10.6 Å². The van der Waals surface area contributed by atoms with Crippen LogP contribution in [0.5, 0.6) is 0 Å². The smallest absolute Gasteiger partial charge is 0.270 e. The maximum Gasteiger partial charge on any atom is 0.270 e. The number of anilines is 1. The van der Waals surface area contributed by atoms with Gasteiger partial charge < -0.3 is 10.6 Å². The largest absolute Gasteiger partial charge is 0.366 e. The highest BCUT2D eigenvalue weighted by Gasteiger charge is 2.13. The molecule has 0 unspecified atom stereocenters. The standard InChI is InChI=1S/C22H22N4O/c1-3-12-23-20-14-19(25-21(26-20)18-10-5-4-6-11-18)22(27)24-15-17-9-7-8-16(2)13-17/h3-11,13-14H,1,12,15H2,2H3,(H,24,27)(H,23,25,26). The zero-order chi connectivity index (χ0) is 19.1. The summed E-state index contributed by atoms with van der Waals surface area (Å²) < 4.78 is 0. The summed E-state index contributed by atoms with van der Waals surface area (Å²) in [5.74, 6) is 0.854. The van der Waals surface area contributed by atoms with Crippen LogP contribution in [0.25, 0.3) is 11.4 Å². The lowest BCUT2D eigenvalue weighted by Crippen LogP contribution is -2.24. The molecule has 5 nitrogen and oxygen atoms in total. The van der Waals surface area contributed by atoms with E-state index in [0.29, 0.717) is 30.4 Å². The fraction of sp³-hybridized carbons (Fsp3) is 0.136. The molecule has 3 rings (SSSR count). The van der Waals surface area contributed by atoms with E-state index in [9.17, 15) is 4.79 Å². The summed E-state index contributed by atoms with van der Waals surface area (Å²) in [6.07, 6.45) is 1.74. The van der Waals surface area contributed by atoms with Crippen molar-refractivity contribution in [1.29, 1.82) is 0 Å². The van der Waals surface area contributed by atoms with Crippen LogP contribution in [0.1, 0.15) is 21.6 Å². The maximum absolute atomic E-state index is 12.7. The third-order valence-corrected chi connectivity index (χ3v) is 3.95. The number of benzene rings is 2. The molecule has 0 aliphatic carbocycles. The Morgan fingerprint density at radius 2 is 1.89 bits per heavy atom. The minimum absolute atomic E-state index is 0.238. The van der Waals surface area contributed by atoms with Crippen LogP contribution in [-0.4, -0.2) is 22.4 Å². The average molecular weight is 358 g/mol. The quantitative estimate of drug-likeness (QED) is 0.627. The molecule has 0 radical (unpaired) electrons. The number of hydrogen-bond donors (Lipinski definition) is 2. The second kappa shape index (κ2) is 8.76. The van der Waals surface area contributed by atoms with Crippen LogP contribution >= 0.6 is 0 Å². The number of aromatic nitrogens is 2. The molecule has 0 bridgehead atoms. The van der Waals surface area contributed by atoms with Crippen molar-refractivity contribution < 1.29 is 4.79 Å². The van der Waals surface area contributed by atoms with Crippen LogP contribution in [0.3, 0.4) is 0 Å². The Morgan fingerprint density at radius 3 is 2.63 bits per heavy atom. The number of amides is 1. The van der Waals surface area contributed by atoms with E-state index < -0.39 is 0 Å². The lowest BCUT2D eigenvalue weighted by atomic mass is 10.1. The van der Waals surface area contributed by atoms with Crippen molar-refractivity contribution in [3.8, 4) is 11.4 Å². The van der Waals surface area contributed by atoms with Crippen molar-refractivity contribution in [1.82, 2.24) is 15.3 Å². The molecule has 1 amide bonds. The molecule has 0 aliphatic rings. The van der Waals surface area contributed by atoms with E-state index in [0.717, 1.165) is 16.7 Å². The molecule has 0 saturated heterocycles. The monoisotopic (exact) mass is 358 g/mol. The van der Waals surface area contributed by atoms with Crippen molar-refractivity contribution in [2.24, 2.45) is 0 Å². The fourth-order valence-corrected chi connectivity index (χ4v) is 2.64. The summed E-state index contributed by atoms with van der Waals surface area (Å²) in [5, 5.41) is 6.06. The number of carbonyl (C=O) groups excluding carboxylic acids is 1. The Kier molecular flexibility index (Phi) is 5.94. The summed E-state index contributed by atoms with van der Waals surface area (Å²) in [4.78, 5) is 21.6. The zero-order valence-electron chi connectivity index (χ0n) is 15.3. The van der Waals surface area contributed by atoms with E-state index >= 15 is 0 Å². The first-order valence-corrected chi connectivity index (χ1v) is 8.79. The summed E-state index contributed by atoms with van der Waals surface area (Å²) in [5.41, 5.74) is 3.38. The highest BCUT2D eigenvalue weighted by Crippen LogP contribution is 2.18. The average Bonchev–Trinajstić information content (AvgIpc) is 2.71. The van der Waals surface area contributed by atoms with E-state index in [1.807, 2.05) is 61.5 Å². The number of aryl methyl sites for hydroxylation is 1. The summed E-state index contributed by atoms with van der Waals surface area (Å²) in [6, 6.07) is 19.3. The Hall–Kier alpha value is -3.47. The van der Waals surface area contributed by atoms with Crippen LogP contribution in [0, 0.1) is 6.92 Å². The first-order valence-electron chi connectivity index (χ1n) is 8.79. The second-order valence-corrected chi connectivity index (χ2v) is 6.17. The number of nitrogens with zero attached hydrogens (tertiary/aromatic N) is 2. The molecule has 3 aromatic rings. The van der Waals surface area contributed by atoms with Crippen molar-refractivity contribution in [2.45, 2.75) is 13.5 Å². The van der Waals surface area contributed by atoms with Gasteiger partial charge in [0.05, 0.1) is 0 Å². The topological polar surface area (TPSA) is 66.9 Å². The molecule has 1 aromatic heterocycles. The first-order chi connectivity index (χ1) is 13.2. The number of nitrogens with one attached hydrogen (secondary N) is 2. The summed E-state index contributed by atoms with van der Waals surface area (Å²) >= 11 is 0. The van der Waals surface area contributed by atoms with Gasteiger partial charge in [-0.05, 0) is 12.5 Å². The highest BCUT2D eigenvalue weighted by atomic mass is 16.1. The van der Waals surface area contributed by atoms with E-state index in [1.165, 1.54) is 0 Å². The van der Waals surface area contributed by atoms with Crippen molar-refractivity contribution in [2.75, 3.05) is 11.9 Å². The Labute approximate surface area is 159 Å². The Bertz CT molecular complexity index is 938. The minimum Gasteiger partial charge on any atom is -0.366 e. The molecule has 2 N–H and O–H groups in total. The molecule has 1 heterocycles. The molecule has 0 fully saturated rings. The van der Waals surface area contributed by atoms with Gasteiger partial charge in [-0.25, -0.2) is 9.97 Å². The minimum atomic E-state index is -0.238. The molecule has 2 aromatic carbocycles. The molecule has 136 valence electrons. The molecule has 27 heavy (non-hydrogen) atoms. The molecule has 0 saturated carbocycles. The molecular weight excluding hydrogens is 336 g/mol. The van der Waals surface area contributed by atoms with Crippen LogP contribution in [0.15, 0.2) is 73.3 Å². The van der Waals surface area contributed by atoms with Crippen molar-refractivity contribution >= 4 is 11.7 Å². The van der Waals surface area contributed by atoms with E-state index in [1.54, 1.807) is 12.1 Å². The van der Waals surface area contributed by atoms with Crippen LogP contribution in [-0.2, 0) is 6.54 Å². The van der Waals surface area contributed by atoms with Gasteiger partial charge >= 0.3 is 0 Å². The van der Waals surface area contributed by atoms with Crippen LogP contribution in [0.2, 0.25) is 0 Å².